The van der Waals surface area contributed by atoms with Crippen molar-refractivity contribution in [2.45, 2.75) is 58.2 Å². The molecule has 2 fully saturated rings. The number of piperidine rings is 1. The van der Waals surface area contributed by atoms with Crippen LogP contribution in [0.5, 0.6) is 5.75 Å². The second-order valence-corrected chi connectivity index (χ2v) is 8.40. The average Bonchev–Trinajstić information content (AvgIpc) is 3.17. The van der Waals surface area contributed by atoms with Gasteiger partial charge in [0.05, 0.1) is 23.1 Å². The normalized spacial score (nSPS) is 18.4. The Morgan fingerprint density at radius 3 is 2.66 bits per heavy atom. The first-order valence-electron chi connectivity index (χ1n) is 10.5. The molecule has 0 radical (unpaired) electrons. The van der Waals surface area contributed by atoms with Crippen LogP contribution < -0.4 is 9.64 Å². The van der Waals surface area contributed by atoms with E-state index in [4.69, 9.17) is 14.9 Å². The van der Waals surface area contributed by atoms with E-state index in [2.05, 4.69) is 14.9 Å². The summed E-state index contributed by atoms with van der Waals surface area (Å²) in [6.45, 7) is 8.77. The van der Waals surface area contributed by atoms with Crippen LogP contribution in [0, 0.1) is 12.3 Å². The van der Waals surface area contributed by atoms with E-state index in [0.717, 1.165) is 55.2 Å². The van der Waals surface area contributed by atoms with E-state index >= 15 is 0 Å². The molecule has 1 aromatic carbocycles. The van der Waals surface area contributed by atoms with E-state index in [-0.39, 0.29) is 11.7 Å². The molecule has 6 heteroatoms. The molecule has 29 heavy (non-hydrogen) atoms. The van der Waals surface area contributed by atoms with Crippen molar-refractivity contribution in [2.24, 2.45) is 0 Å². The van der Waals surface area contributed by atoms with Crippen LogP contribution in [0.2, 0.25) is 0 Å². The first-order valence-corrected chi connectivity index (χ1v) is 10.5. The van der Waals surface area contributed by atoms with E-state index in [1.807, 2.05) is 45.0 Å². The van der Waals surface area contributed by atoms with Crippen LogP contribution in [-0.4, -0.2) is 47.1 Å². The van der Waals surface area contributed by atoms with E-state index in [0.29, 0.717) is 11.4 Å². The number of hydrogen-bond donors (Lipinski definition) is 1. The van der Waals surface area contributed by atoms with Crippen LogP contribution in [0.4, 0.5) is 5.82 Å². The SMILES string of the molecule is Cc1ccc(OC(C)C)cc1C(=N)c1cc(N2CCC3(CCCO3)CC2)ncn1. The smallest absolute Gasteiger partial charge is 0.132 e. The Kier molecular flexibility index (Phi) is 5.54. The fourth-order valence-corrected chi connectivity index (χ4v) is 4.30. The number of rotatable bonds is 5. The molecule has 1 aromatic heterocycles. The lowest BCUT2D eigenvalue weighted by Crippen LogP contribution is -2.44. The molecule has 0 atom stereocenters. The Bertz CT molecular complexity index is 880. The van der Waals surface area contributed by atoms with Crippen molar-refractivity contribution < 1.29 is 9.47 Å². The number of hydrogen-bond acceptors (Lipinski definition) is 6. The van der Waals surface area contributed by atoms with E-state index in [1.165, 1.54) is 12.8 Å². The highest BCUT2D eigenvalue weighted by molar-refractivity contribution is 6.11. The van der Waals surface area contributed by atoms with E-state index in [1.54, 1.807) is 6.33 Å². The summed E-state index contributed by atoms with van der Waals surface area (Å²) in [5.74, 6) is 1.66. The van der Waals surface area contributed by atoms with Gasteiger partial charge in [-0.3, -0.25) is 5.41 Å². The molecular formula is C23H30N4O2. The highest BCUT2D eigenvalue weighted by Gasteiger charge is 2.38. The third-order valence-electron chi connectivity index (χ3n) is 5.94. The van der Waals surface area contributed by atoms with Crippen molar-refractivity contribution in [1.29, 1.82) is 5.41 Å². The molecule has 1 spiro atoms. The van der Waals surface area contributed by atoms with Crippen LogP contribution in [0.3, 0.4) is 0 Å². The van der Waals surface area contributed by atoms with Crippen LogP contribution in [-0.2, 0) is 4.74 Å². The predicted octanol–water partition coefficient (Wildman–Crippen LogP) is 4.14. The molecule has 1 N–H and O–H groups in total. The van der Waals surface area contributed by atoms with Crippen molar-refractivity contribution in [3.63, 3.8) is 0 Å². The second kappa shape index (κ2) is 8.11. The van der Waals surface area contributed by atoms with Gasteiger partial charge < -0.3 is 14.4 Å². The quantitative estimate of drug-likeness (QED) is 0.772. The molecule has 6 nitrogen and oxygen atoms in total. The number of nitrogens with zero attached hydrogens (tertiary/aromatic N) is 3. The van der Waals surface area contributed by atoms with Crippen LogP contribution in [0.25, 0.3) is 0 Å². The number of ether oxygens (including phenoxy) is 2. The van der Waals surface area contributed by atoms with Gasteiger partial charge in [-0.2, -0.15) is 0 Å². The summed E-state index contributed by atoms with van der Waals surface area (Å²) in [6, 6.07) is 7.81. The van der Waals surface area contributed by atoms with Gasteiger partial charge in [-0.1, -0.05) is 6.07 Å². The molecule has 2 aromatic rings. The molecule has 3 heterocycles. The fraction of sp³-hybridized carbons (Fsp3) is 0.522. The molecule has 2 aliphatic heterocycles. The molecule has 4 rings (SSSR count). The Balaban J connectivity index is 1.52. The van der Waals surface area contributed by atoms with Gasteiger partial charge in [-0.25, -0.2) is 9.97 Å². The zero-order valence-electron chi connectivity index (χ0n) is 17.6. The molecule has 154 valence electrons. The van der Waals surface area contributed by atoms with Crippen molar-refractivity contribution in [2.75, 3.05) is 24.6 Å². The monoisotopic (exact) mass is 394 g/mol. The predicted molar refractivity (Wildman–Crippen MR) is 114 cm³/mol. The second-order valence-electron chi connectivity index (χ2n) is 8.40. The summed E-state index contributed by atoms with van der Waals surface area (Å²) in [4.78, 5) is 11.2. The summed E-state index contributed by atoms with van der Waals surface area (Å²) in [5.41, 5.74) is 2.99. The van der Waals surface area contributed by atoms with Gasteiger partial charge in [0.15, 0.2) is 0 Å². The minimum Gasteiger partial charge on any atom is -0.491 e. The molecule has 0 aliphatic carbocycles. The maximum absolute atomic E-state index is 8.75. The molecule has 0 bridgehead atoms. The first-order chi connectivity index (χ1) is 14.0. The Hall–Kier alpha value is -2.47. The highest BCUT2D eigenvalue weighted by Crippen LogP contribution is 2.36. The van der Waals surface area contributed by atoms with Crippen LogP contribution in [0.15, 0.2) is 30.6 Å². The van der Waals surface area contributed by atoms with Crippen molar-refractivity contribution >= 4 is 11.5 Å². The number of benzene rings is 1. The largest absolute Gasteiger partial charge is 0.491 e. The minimum absolute atomic E-state index is 0.0903. The molecule has 0 saturated carbocycles. The number of aryl methyl sites for hydroxylation is 1. The topological polar surface area (TPSA) is 71.3 Å². The van der Waals surface area contributed by atoms with Gasteiger partial charge in [-0.15, -0.1) is 0 Å². The first kappa shape index (κ1) is 19.8. The third-order valence-corrected chi connectivity index (χ3v) is 5.94. The Labute approximate surface area is 172 Å². The lowest BCUT2D eigenvalue weighted by Gasteiger charge is -2.39. The zero-order valence-corrected chi connectivity index (χ0v) is 17.6. The number of aromatic nitrogens is 2. The van der Waals surface area contributed by atoms with E-state index in [9.17, 15) is 0 Å². The summed E-state index contributed by atoms with van der Waals surface area (Å²) < 4.78 is 11.8. The van der Waals surface area contributed by atoms with Gasteiger partial charge in [0.25, 0.3) is 0 Å². The molecule has 0 amide bonds. The van der Waals surface area contributed by atoms with Crippen molar-refractivity contribution in [3.8, 4) is 5.75 Å². The fourth-order valence-electron chi connectivity index (χ4n) is 4.30. The summed E-state index contributed by atoms with van der Waals surface area (Å²) >= 11 is 0. The Morgan fingerprint density at radius 2 is 1.97 bits per heavy atom. The Morgan fingerprint density at radius 1 is 1.17 bits per heavy atom. The number of nitrogens with one attached hydrogen (secondary N) is 1. The third kappa shape index (κ3) is 4.27. The molecule has 2 saturated heterocycles. The van der Waals surface area contributed by atoms with Crippen molar-refractivity contribution in [3.05, 3.63) is 47.4 Å². The van der Waals surface area contributed by atoms with E-state index < -0.39 is 0 Å². The van der Waals surface area contributed by atoms with Gasteiger partial charge in [0.1, 0.15) is 17.9 Å². The molecule has 2 aliphatic rings. The maximum Gasteiger partial charge on any atom is 0.132 e. The summed E-state index contributed by atoms with van der Waals surface area (Å²) in [5, 5.41) is 8.75. The molecular weight excluding hydrogens is 364 g/mol. The standard InChI is InChI=1S/C23H30N4O2/c1-16(2)29-18-6-5-17(3)19(13-18)22(24)20-14-21(26-15-25-20)27-10-8-23(9-11-27)7-4-12-28-23/h5-6,13-16,24H,4,7-12H2,1-3H3. The average molecular weight is 395 g/mol. The van der Waals surface area contributed by atoms with Crippen LogP contribution >= 0.6 is 0 Å². The van der Waals surface area contributed by atoms with Gasteiger partial charge in [0.2, 0.25) is 0 Å². The van der Waals surface area contributed by atoms with Gasteiger partial charge >= 0.3 is 0 Å². The zero-order chi connectivity index (χ0) is 20.4. The minimum atomic E-state index is 0.0903. The van der Waals surface area contributed by atoms with Gasteiger partial charge in [0, 0.05) is 31.3 Å². The molecule has 0 unspecified atom stereocenters. The van der Waals surface area contributed by atoms with Crippen LogP contribution in [0.1, 0.15) is 56.4 Å². The maximum atomic E-state index is 8.75. The highest BCUT2D eigenvalue weighted by atomic mass is 16.5. The number of anilines is 1. The lowest BCUT2D eigenvalue weighted by atomic mass is 9.88. The van der Waals surface area contributed by atoms with Crippen molar-refractivity contribution in [1.82, 2.24) is 9.97 Å². The summed E-state index contributed by atoms with van der Waals surface area (Å²) in [7, 11) is 0. The van der Waals surface area contributed by atoms with Gasteiger partial charge in [-0.05, 0) is 64.2 Å². The lowest BCUT2D eigenvalue weighted by molar-refractivity contribution is -0.0147. The summed E-state index contributed by atoms with van der Waals surface area (Å²) in [6.07, 6.45) is 6.09.